The first-order valence-electron chi connectivity index (χ1n) is 47.2. The molecular formula is C82H135N5O62. The summed E-state index contributed by atoms with van der Waals surface area (Å²) < 4.78 is 138. The Balaban J connectivity index is 0.920. The number of carbonyl (C=O) groups excluding carboxylic acids is 5. The maximum Gasteiger partial charge on any atom is 0.335 e. The molecule has 0 aromatic heterocycles. The van der Waals surface area contributed by atoms with Gasteiger partial charge in [0, 0.05) is 34.6 Å². The Morgan fingerprint density at radius 3 is 0.745 bits per heavy atom. The van der Waals surface area contributed by atoms with E-state index in [1.54, 1.807) is 0 Å². The van der Waals surface area contributed by atoms with Crippen molar-refractivity contribution in [1.29, 1.82) is 0 Å². The molecule has 0 saturated carbocycles. The van der Waals surface area contributed by atoms with E-state index in [4.69, 9.17) is 109 Å². The fourth-order valence-corrected chi connectivity index (χ4v) is 19.3. The van der Waals surface area contributed by atoms with Gasteiger partial charge < -0.3 is 304 Å². The predicted octanol–water partition coefficient (Wildman–Crippen LogP) is -26.3. The Hall–Kier alpha value is -5.38. The zero-order valence-corrected chi connectivity index (χ0v) is 79.5. The van der Waals surface area contributed by atoms with Crippen LogP contribution in [0.1, 0.15) is 34.6 Å². The number of amides is 5. The van der Waals surface area contributed by atoms with E-state index in [-0.39, 0.29) is 0 Å². The molecule has 0 aliphatic carbocycles. The van der Waals surface area contributed by atoms with Gasteiger partial charge in [-0.2, -0.15) is 0 Å². The number of carbonyl (C=O) groups is 6. The smallest absolute Gasteiger partial charge is 0.335 e. The molecule has 0 unspecified atom stereocenters. The van der Waals surface area contributed by atoms with Crippen LogP contribution in [0.5, 0.6) is 0 Å². The lowest BCUT2D eigenvalue weighted by Gasteiger charge is -2.52. The number of aliphatic carboxylic acids is 1. The number of nitrogens with one attached hydrogen (secondary N) is 5. The summed E-state index contributed by atoms with van der Waals surface area (Å²) in [5, 5.41) is 384. The molecule has 0 aromatic rings. The molecule has 12 rings (SSSR count). The molecule has 12 aliphatic rings. The van der Waals surface area contributed by atoms with Crippen LogP contribution in [0, 0.1) is 0 Å². The highest BCUT2D eigenvalue weighted by Crippen LogP contribution is 2.44. The summed E-state index contributed by atoms with van der Waals surface area (Å²) in [5.74, 6) is -7.00. The van der Waals surface area contributed by atoms with Crippen molar-refractivity contribution < 1.29 is 306 Å². The Labute approximate surface area is 841 Å². The molecule has 60 atom stereocenters. The van der Waals surface area contributed by atoms with Crippen molar-refractivity contribution in [3.63, 3.8) is 0 Å². The summed E-state index contributed by atoms with van der Waals surface area (Å²) in [6.07, 6.45) is -124. The minimum atomic E-state index is -2.81. The molecule has 38 N–H and O–H groups in total. The SMILES string of the molecule is CC(=O)N[C@@H]1[C@@H](O)[C@H](O[C@@H]2O[C@H](CO)[C@@H](O[C@@H]3O[C@H](CO[C@H]4O[C@H](CO)[C@@H](O)[C@H](O)[C@@H]4O[C@@H]4O[C@H](CO)[C@@H](O[C@@H]5O[C@H](CO)[C@H](O)[C@H](O)[C@H]5O)[C@H](O)[C@H]4NC(C)=O)[C@@H](O)[C@H](O[C@H]4O[C@H](CO)[C@@H](O[C@@H]5O[C@H](CO)[C@@H](O[C@@H]6O[C@H](CO)[C@H](O)[C@H](O[C@@H]7O[C@H](C(=O)O)[C@@H](O)[C@H](O)[C@H]7O)[C@H]6O)[C@H](O)[C@H]5NC(C)=O)[C@H](O)[C@@H]4O[C@@H]4O[C@H](CO)[C@@H](O[C@@H]5O[C@H](CO)[C@H](O)[C@H](O)[C@H]5O)[C@H](O)[C@H]4NC(C)=O)[C@@H]3O)[C@H](O)[C@H]2NC(C)=O)[C@@H](CO)O[C@H]1O. The van der Waals surface area contributed by atoms with Gasteiger partial charge >= 0.3 is 5.97 Å². The van der Waals surface area contributed by atoms with Crippen LogP contribution in [0.25, 0.3) is 0 Å². The van der Waals surface area contributed by atoms with Crippen LogP contribution < -0.4 is 26.6 Å². The molecule has 860 valence electrons. The molecule has 12 heterocycles. The molecule has 67 nitrogen and oxygen atoms in total. The molecule has 12 aliphatic heterocycles. The number of carboxylic acid groups (broad SMARTS) is 1. The van der Waals surface area contributed by atoms with Crippen LogP contribution in [-0.2, 0) is 138 Å². The molecule has 5 amide bonds. The molecule has 67 heteroatoms. The van der Waals surface area contributed by atoms with Gasteiger partial charge in [-0.05, 0) is 0 Å². The summed E-state index contributed by atoms with van der Waals surface area (Å²) in [4.78, 5) is 77.7. The zero-order chi connectivity index (χ0) is 110. The van der Waals surface area contributed by atoms with E-state index in [1.807, 2.05) is 0 Å². The van der Waals surface area contributed by atoms with Gasteiger partial charge in [-0.25, -0.2) is 4.79 Å². The monoisotopic (exact) mass is 2180 g/mol. The third-order valence-corrected chi connectivity index (χ3v) is 27.1. The first-order valence-corrected chi connectivity index (χ1v) is 47.2. The second-order valence-corrected chi connectivity index (χ2v) is 37.4. The summed E-state index contributed by atoms with van der Waals surface area (Å²) >= 11 is 0. The normalized spacial score (nSPS) is 49.0. The van der Waals surface area contributed by atoms with Crippen molar-refractivity contribution in [3.05, 3.63) is 0 Å². The quantitative estimate of drug-likeness (QED) is 0.0272. The van der Waals surface area contributed by atoms with E-state index in [0.29, 0.717) is 0 Å². The average molecular weight is 2180 g/mol. The standard InChI is InChI=1S/C82H135N5O62/c1-17(98)83-33-43(108)59(26(10-92)128-71(33)126)139-72-34(84-18(2)99)44(109)63(30(14-96)133-72)144-80-58(123)66(42(107)32(138-80)16-127-81-68(51(116)40(105)24(8-90)132-81)148-74-36(86-20(4)101)46(111)60(27(11-93)135-74)141-76-53(118)48(113)38(103)22(6-88)129-76)146-82-69(149-75-37(87-21(5)102)47(112)61(28(12-94)136-75)142-77-54(119)49(114)39(104)23(7-89)130-77)56(121)64(31(15-97)137-82)140-73-35(85-19(3)100)45(110)62(29(13-95)134-73)143-79-57(122)65(41(106)25(9-91)131-79)145-78-55(120)50(115)52(117)67(147-78)70(124)125/h22-69,71-82,88-97,103-123,126H,6-16H2,1-5H3,(H,83,98)(H,84,99)(H,85,100)(H,86,101)(H,87,102)(H,124,125)/t22-,23-,24-,25-,26-,27-,28-,29-,30-,31-,32-,33-,34-,35-,36-,37-,38+,39+,40-,41+,42-,43-,44-,45-,46-,47-,48+,49+,50+,51+,52+,53-,54-,55-,56+,57-,58+,59-,60-,61-,62-,63-,64-,65+,66+,67+,68+,69+,71-,72+,73+,74+,75+,76+,77+,78-,79+,80+,81+,82-/m1/s1. The first-order chi connectivity index (χ1) is 70.5. The minimum Gasteiger partial charge on any atom is -0.479 e. The average Bonchev–Trinajstić information content (AvgIpc) is 0.740. The zero-order valence-electron chi connectivity index (χ0n) is 79.5. The Morgan fingerprint density at radius 1 is 0.195 bits per heavy atom. The highest BCUT2D eigenvalue weighted by atomic mass is 16.8. The molecule has 0 aromatic carbocycles. The van der Waals surface area contributed by atoms with Crippen LogP contribution in [0.4, 0.5) is 0 Å². The van der Waals surface area contributed by atoms with Gasteiger partial charge in [0.1, 0.15) is 287 Å². The third-order valence-electron chi connectivity index (χ3n) is 27.1. The second kappa shape index (κ2) is 53.3. The van der Waals surface area contributed by atoms with Crippen LogP contribution in [0.15, 0.2) is 0 Å². The highest BCUT2D eigenvalue weighted by Gasteiger charge is 2.65. The largest absolute Gasteiger partial charge is 0.479 e. The summed E-state index contributed by atoms with van der Waals surface area (Å²) in [5.41, 5.74) is 0. The molecule has 12 fully saturated rings. The van der Waals surface area contributed by atoms with Crippen molar-refractivity contribution in [2.75, 3.05) is 72.7 Å². The van der Waals surface area contributed by atoms with Crippen molar-refractivity contribution in [2.24, 2.45) is 0 Å². The Bertz CT molecular complexity index is 4220. The van der Waals surface area contributed by atoms with Crippen LogP contribution in [-0.4, -0.2) is 645 Å². The fourth-order valence-electron chi connectivity index (χ4n) is 19.3. The van der Waals surface area contributed by atoms with Gasteiger partial charge in [-0.3, -0.25) is 24.0 Å². The first kappa shape index (κ1) is 122. The van der Waals surface area contributed by atoms with Crippen LogP contribution >= 0.6 is 0 Å². The molecular weight excluding hydrogens is 2050 g/mol. The maximum atomic E-state index is 13.5. The molecule has 0 bridgehead atoms. The van der Waals surface area contributed by atoms with E-state index in [9.17, 15) is 197 Å². The number of hydrogen-bond donors (Lipinski definition) is 38. The lowest BCUT2D eigenvalue weighted by atomic mass is 9.93. The van der Waals surface area contributed by atoms with Gasteiger partial charge in [0.2, 0.25) is 29.5 Å². The second-order valence-electron chi connectivity index (χ2n) is 37.4. The van der Waals surface area contributed by atoms with Gasteiger partial charge in [0.05, 0.1) is 72.7 Å². The van der Waals surface area contributed by atoms with E-state index in [1.165, 1.54) is 0 Å². The Kier molecular flexibility index (Phi) is 43.7. The molecule has 149 heavy (non-hydrogen) atoms. The lowest BCUT2D eigenvalue weighted by molar-refractivity contribution is -0.407. The maximum absolute atomic E-state index is 13.5. The van der Waals surface area contributed by atoms with E-state index in [2.05, 4.69) is 26.6 Å². The minimum absolute atomic E-state index is 0.839. The van der Waals surface area contributed by atoms with Crippen molar-refractivity contribution >= 4 is 35.5 Å². The molecule has 12 saturated heterocycles. The van der Waals surface area contributed by atoms with Gasteiger partial charge in [-0.1, -0.05) is 0 Å². The van der Waals surface area contributed by atoms with Crippen LogP contribution in [0.2, 0.25) is 0 Å². The van der Waals surface area contributed by atoms with E-state index in [0.717, 1.165) is 34.6 Å². The summed E-state index contributed by atoms with van der Waals surface area (Å²) in [7, 11) is 0. The topological polar surface area (TPSA) is 1040 Å². The van der Waals surface area contributed by atoms with Crippen LogP contribution in [0.3, 0.4) is 0 Å². The summed E-state index contributed by atoms with van der Waals surface area (Å²) in [6, 6.07) is -10.2. The van der Waals surface area contributed by atoms with Crippen molar-refractivity contribution in [2.45, 2.75) is 403 Å². The lowest BCUT2D eigenvalue weighted by Crippen LogP contribution is -2.71. The van der Waals surface area contributed by atoms with E-state index >= 15 is 0 Å². The van der Waals surface area contributed by atoms with Crippen molar-refractivity contribution in [3.8, 4) is 0 Å². The summed E-state index contributed by atoms with van der Waals surface area (Å²) in [6.45, 7) is -9.13. The molecule has 0 spiro atoms. The van der Waals surface area contributed by atoms with Gasteiger partial charge in [-0.15, -0.1) is 0 Å². The number of ether oxygens (including phenoxy) is 23. The van der Waals surface area contributed by atoms with Gasteiger partial charge in [0.25, 0.3) is 0 Å². The molecule has 0 radical (unpaired) electrons. The number of carboxylic acids is 1. The fraction of sp³-hybridized carbons (Fsp3) is 0.927. The number of aliphatic hydroxyl groups is 32. The highest BCUT2D eigenvalue weighted by molar-refractivity contribution is 5.75. The van der Waals surface area contributed by atoms with Gasteiger partial charge in [0.15, 0.2) is 81.6 Å². The Morgan fingerprint density at radius 2 is 0.416 bits per heavy atom. The number of rotatable bonds is 39. The van der Waals surface area contributed by atoms with E-state index < -0.39 is 476 Å². The predicted molar refractivity (Wildman–Crippen MR) is 453 cm³/mol. The third kappa shape index (κ3) is 26.9. The number of hydrogen-bond acceptors (Lipinski definition) is 61. The number of aliphatic hydroxyl groups excluding tert-OH is 32. The van der Waals surface area contributed by atoms with Crippen molar-refractivity contribution in [1.82, 2.24) is 26.6 Å².